The molecule has 0 saturated carbocycles. The zero-order valence-electron chi connectivity index (χ0n) is 11.2. The van der Waals surface area contributed by atoms with Crippen molar-refractivity contribution in [2.75, 3.05) is 0 Å². The Bertz CT molecular complexity index is 685. The number of aromatic nitrogens is 1. The summed E-state index contributed by atoms with van der Waals surface area (Å²) in [5.74, 6) is -1.76. The molecule has 1 aromatic heterocycles. The first-order valence-corrected chi connectivity index (χ1v) is 6.98. The maximum atomic E-state index is 13.4. The minimum atomic E-state index is -1.05. The second kappa shape index (κ2) is 6.45. The van der Waals surface area contributed by atoms with E-state index >= 15 is 0 Å². The summed E-state index contributed by atoms with van der Waals surface area (Å²) in [7, 11) is 0. The van der Waals surface area contributed by atoms with Gasteiger partial charge in [-0.25, -0.2) is 14.2 Å². The molecule has 110 valence electrons. The lowest BCUT2D eigenvalue weighted by atomic mass is 10.2. The molecule has 0 unspecified atom stereocenters. The van der Waals surface area contributed by atoms with E-state index in [0.717, 1.165) is 11.3 Å². The predicted octanol–water partition coefficient (Wildman–Crippen LogP) is 2.15. The van der Waals surface area contributed by atoms with Crippen molar-refractivity contribution in [3.63, 3.8) is 0 Å². The van der Waals surface area contributed by atoms with E-state index in [-0.39, 0.29) is 29.6 Å². The second-order valence-electron chi connectivity index (χ2n) is 4.37. The van der Waals surface area contributed by atoms with E-state index in [2.05, 4.69) is 10.3 Å². The van der Waals surface area contributed by atoms with Crippen LogP contribution in [0, 0.1) is 12.7 Å². The fourth-order valence-corrected chi connectivity index (χ4v) is 2.66. The van der Waals surface area contributed by atoms with Crippen LogP contribution in [0.15, 0.2) is 24.3 Å². The molecule has 2 rings (SSSR count). The number of thiazole rings is 1. The molecule has 0 fully saturated rings. The molecule has 5 nitrogen and oxygen atoms in total. The maximum Gasteiger partial charge on any atom is 0.347 e. The van der Waals surface area contributed by atoms with Gasteiger partial charge in [0, 0.05) is 12.1 Å². The number of nitrogens with one attached hydrogen (secondary N) is 1. The molecular formula is C14H13FN2O3S. The topological polar surface area (TPSA) is 79.3 Å². The average Bonchev–Trinajstić information content (AvgIpc) is 2.79. The molecule has 0 atom stereocenters. The largest absolute Gasteiger partial charge is 0.477 e. The van der Waals surface area contributed by atoms with Crippen LogP contribution in [0.2, 0.25) is 0 Å². The Hall–Kier alpha value is -2.28. The summed E-state index contributed by atoms with van der Waals surface area (Å²) >= 11 is 0.975. The Morgan fingerprint density at radius 3 is 2.71 bits per heavy atom. The fourth-order valence-electron chi connectivity index (χ4n) is 1.76. The molecule has 0 aliphatic rings. The number of rotatable bonds is 5. The van der Waals surface area contributed by atoms with Crippen molar-refractivity contribution in [3.05, 3.63) is 51.2 Å². The van der Waals surface area contributed by atoms with Gasteiger partial charge in [0.25, 0.3) is 0 Å². The summed E-state index contributed by atoms with van der Waals surface area (Å²) in [5.41, 5.74) is 0.789. The lowest BCUT2D eigenvalue weighted by molar-refractivity contribution is -0.120. The highest BCUT2D eigenvalue weighted by atomic mass is 32.1. The lowest BCUT2D eigenvalue weighted by Crippen LogP contribution is -2.24. The Balaban J connectivity index is 1.95. The maximum absolute atomic E-state index is 13.4. The van der Waals surface area contributed by atoms with Crippen molar-refractivity contribution in [2.45, 2.75) is 19.9 Å². The number of amides is 1. The van der Waals surface area contributed by atoms with Crippen molar-refractivity contribution in [3.8, 4) is 0 Å². The molecule has 1 amide bonds. The number of aromatic carboxylic acids is 1. The minimum Gasteiger partial charge on any atom is -0.477 e. The van der Waals surface area contributed by atoms with Gasteiger partial charge in [-0.15, -0.1) is 11.3 Å². The monoisotopic (exact) mass is 308 g/mol. The van der Waals surface area contributed by atoms with Crippen molar-refractivity contribution in [2.24, 2.45) is 0 Å². The molecule has 2 aromatic rings. The van der Waals surface area contributed by atoms with E-state index < -0.39 is 5.97 Å². The summed E-state index contributed by atoms with van der Waals surface area (Å²) < 4.78 is 13.4. The van der Waals surface area contributed by atoms with Gasteiger partial charge in [0.05, 0.1) is 12.1 Å². The summed E-state index contributed by atoms with van der Waals surface area (Å²) in [6.45, 7) is 1.67. The number of carboxylic acids is 1. The van der Waals surface area contributed by atoms with Crippen LogP contribution in [0.1, 0.15) is 25.9 Å². The van der Waals surface area contributed by atoms with Gasteiger partial charge in [0.2, 0.25) is 5.91 Å². The SMILES string of the molecule is Cc1nc(CC(=O)NCc2ccccc2F)sc1C(=O)O. The first kappa shape index (κ1) is 15.1. The standard InChI is InChI=1S/C14H13FN2O3S/c1-8-13(14(19)20)21-12(17-8)6-11(18)16-7-9-4-2-3-5-10(9)15/h2-5H,6-7H2,1H3,(H,16,18)(H,19,20). The highest BCUT2D eigenvalue weighted by Crippen LogP contribution is 2.18. The highest BCUT2D eigenvalue weighted by molar-refractivity contribution is 7.13. The van der Waals surface area contributed by atoms with Gasteiger partial charge in [0.1, 0.15) is 15.7 Å². The normalized spacial score (nSPS) is 10.4. The fraction of sp³-hybridized carbons (Fsp3) is 0.214. The molecule has 0 spiro atoms. The first-order valence-electron chi connectivity index (χ1n) is 6.17. The quantitative estimate of drug-likeness (QED) is 0.887. The van der Waals surface area contributed by atoms with Crippen molar-refractivity contribution in [1.82, 2.24) is 10.3 Å². The van der Waals surface area contributed by atoms with E-state index in [0.29, 0.717) is 16.3 Å². The molecule has 1 aromatic carbocycles. The van der Waals surface area contributed by atoms with Crippen LogP contribution >= 0.6 is 11.3 Å². The van der Waals surface area contributed by atoms with E-state index in [1.54, 1.807) is 25.1 Å². The van der Waals surface area contributed by atoms with Crippen LogP contribution in [-0.2, 0) is 17.8 Å². The molecule has 21 heavy (non-hydrogen) atoms. The molecule has 7 heteroatoms. The average molecular weight is 308 g/mol. The highest BCUT2D eigenvalue weighted by Gasteiger charge is 2.16. The van der Waals surface area contributed by atoms with Gasteiger partial charge in [-0.2, -0.15) is 0 Å². The summed E-state index contributed by atoms with van der Waals surface area (Å²) in [5, 5.41) is 11.9. The van der Waals surface area contributed by atoms with Crippen LogP contribution < -0.4 is 5.32 Å². The van der Waals surface area contributed by atoms with Gasteiger partial charge >= 0.3 is 5.97 Å². The number of carboxylic acid groups (broad SMARTS) is 1. The van der Waals surface area contributed by atoms with Crippen LogP contribution in [0.3, 0.4) is 0 Å². The molecule has 0 radical (unpaired) electrons. The number of benzene rings is 1. The Labute approximate surface area is 124 Å². The third-order valence-electron chi connectivity index (χ3n) is 2.78. The second-order valence-corrected chi connectivity index (χ2v) is 5.46. The number of hydrogen-bond donors (Lipinski definition) is 2. The number of hydrogen-bond acceptors (Lipinski definition) is 4. The molecule has 2 N–H and O–H groups in total. The summed E-state index contributed by atoms with van der Waals surface area (Å²) in [4.78, 5) is 26.8. The zero-order valence-corrected chi connectivity index (χ0v) is 12.0. The van der Waals surface area contributed by atoms with E-state index in [1.807, 2.05) is 0 Å². The van der Waals surface area contributed by atoms with Crippen LogP contribution in [-0.4, -0.2) is 22.0 Å². The molecule has 1 heterocycles. The van der Waals surface area contributed by atoms with Crippen LogP contribution in [0.4, 0.5) is 4.39 Å². The summed E-state index contributed by atoms with van der Waals surface area (Å²) in [6.07, 6.45) is -0.0206. The lowest BCUT2D eigenvalue weighted by Gasteiger charge is -2.05. The van der Waals surface area contributed by atoms with Gasteiger partial charge in [0.15, 0.2) is 0 Å². The van der Waals surface area contributed by atoms with Crippen molar-refractivity contribution < 1.29 is 19.1 Å². The number of halogens is 1. The Kier molecular flexibility index (Phi) is 4.64. The first-order chi connectivity index (χ1) is 9.97. The van der Waals surface area contributed by atoms with E-state index in [1.165, 1.54) is 6.07 Å². The van der Waals surface area contributed by atoms with E-state index in [9.17, 15) is 14.0 Å². The number of nitrogens with zero attached hydrogens (tertiary/aromatic N) is 1. The van der Waals surface area contributed by atoms with Gasteiger partial charge in [-0.3, -0.25) is 4.79 Å². The van der Waals surface area contributed by atoms with Crippen LogP contribution in [0.25, 0.3) is 0 Å². The van der Waals surface area contributed by atoms with E-state index in [4.69, 9.17) is 5.11 Å². The predicted molar refractivity (Wildman–Crippen MR) is 75.8 cm³/mol. The molecule has 0 aliphatic carbocycles. The smallest absolute Gasteiger partial charge is 0.347 e. The Morgan fingerprint density at radius 2 is 2.10 bits per heavy atom. The minimum absolute atomic E-state index is 0.0206. The molecular weight excluding hydrogens is 295 g/mol. The molecule has 0 bridgehead atoms. The third kappa shape index (κ3) is 3.85. The zero-order chi connectivity index (χ0) is 15.4. The number of aryl methyl sites for hydroxylation is 1. The Morgan fingerprint density at radius 1 is 1.38 bits per heavy atom. The van der Waals surface area contributed by atoms with Gasteiger partial charge in [-0.1, -0.05) is 18.2 Å². The summed E-state index contributed by atoms with van der Waals surface area (Å²) in [6, 6.07) is 6.18. The van der Waals surface area contributed by atoms with Crippen molar-refractivity contribution >= 4 is 23.2 Å². The van der Waals surface area contributed by atoms with Crippen molar-refractivity contribution in [1.29, 1.82) is 0 Å². The van der Waals surface area contributed by atoms with Gasteiger partial charge < -0.3 is 10.4 Å². The number of carbonyl (C=O) groups excluding carboxylic acids is 1. The molecule has 0 saturated heterocycles. The molecule has 0 aliphatic heterocycles. The number of carbonyl (C=O) groups is 2. The van der Waals surface area contributed by atoms with Gasteiger partial charge in [-0.05, 0) is 13.0 Å². The van der Waals surface area contributed by atoms with Crippen LogP contribution in [0.5, 0.6) is 0 Å². The third-order valence-corrected chi connectivity index (χ3v) is 3.93.